The minimum Gasteiger partial charge on any atom is -0.480 e. The van der Waals surface area contributed by atoms with Gasteiger partial charge in [-0.3, -0.25) is 0 Å². The molecule has 0 radical (unpaired) electrons. The van der Waals surface area contributed by atoms with E-state index in [1.165, 1.54) is 6.07 Å². The lowest BCUT2D eigenvalue weighted by Gasteiger charge is -1.99. The molecule has 6 nitrogen and oxygen atoms in total. The molecule has 1 aromatic carbocycles. The highest BCUT2D eigenvalue weighted by Gasteiger charge is 2.13. The normalized spacial score (nSPS) is 10.6. The molecular weight excluding hydrogens is 255 g/mol. The Hall–Kier alpha value is -2.28. The van der Waals surface area contributed by atoms with E-state index >= 15 is 0 Å². The number of ether oxygens (including phenoxy) is 1. The second kappa shape index (κ2) is 5.57. The number of aromatic nitrogens is 2. The first-order valence-corrected chi connectivity index (χ1v) is 5.44. The molecule has 19 heavy (non-hydrogen) atoms. The second-order valence-corrected chi connectivity index (χ2v) is 3.87. The maximum Gasteiger partial charge on any atom is 0.329 e. The van der Waals surface area contributed by atoms with Gasteiger partial charge in [-0.05, 0) is 24.6 Å². The van der Waals surface area contributed by atoms with Gasteiger partial charge in [-0.25, -0.2) is 9.18 Å². The lowest BCUT2D eigenvalue weighted by atomic mass is 10.1. The number of rotatable bonds is 5. The molecule has 0 atom stereocenters. The van der Waals surface area contributed by atoms with Gasteiger partial charge in [0.2, 0.25) is 5.89 Å². The highest BCUT2D eigenvalue weighted by molar-refractivity contribution is 5.67. The van der Waals surface area contributed by atoms with Crippen molar-refractivity contribution in [2.75, 3.05) is 6.61 Å². The molecule has 100 valence electrons. The van der Waals surface area contributed by atoms with E-state index in [0.29, 0.717) is 0 Å². The van der Waals surface area contributed by atoms with Crippen LogP contribution in [-0.2, 0) is 16.1 Å². The van der Waals surface area contributed by atoms with Crippen LogP contribution in [0.25, 0.3) is 11.5 Å². The second-order valence-electron chi connectivity index (χ2n) is 3.87. The Bertz CT molecular complexity index is 597. The fourth-order valence-corrected chi connectivity index (χ4v) is 1.44. The summed E-state index contributed by atoms with van der Waals surface area (Å²) >= 11 is 0. The van der Waals surface area contributed by atoms with Gasteiger partial charge in [0.15, 0.2) is 0 Å². The van der Waals surface area contributed by atoms with Gasteiger partial charge in [-0.15, -0.1) is 10.2 Å². The summed E-state index contributed by atoms with van der Waals surface area (Å²) in [4.78, 5) is 10.3. The van der Waals surface area contributed by atoms with Gasteiger partial charge in [0.25, 0.3) is 5.89 Å². The molecule has 0 aliphatic rings. The van der Waals surface area contributed by atoms with Crippen LogP contribution in [0.15, 0.2) is 22.6 Å². The first-order valence-electron chi connectivity index (χ1n) is 5.44. The smallest absolute Gasteiger partial charge is 0.329 e. The third-order valence-electron chi connectivity index (χ3n) is 2.27. The predicted molar refractivity (Wildman–Crippen MR) is 61.7 cm³/mol. The Morgan fingerprint density at radius 2 is 2.26 bits per heavy atom. The molecule has 0 saturated heterocycles. The van der Waals surface area contributed by atoms with Crippen LogP contribution in [0.2, 0.25) is 0 Å². The first-order chi connectivity index (χ1) is 9.06. The zero-order chi connectivity index (χ0) is 13.8. The first kappa shape index (κ1) is 13.2. The maximum atomic E-state index is 13.7. The molecule has 0 amide bonds. The van der Waals surface area contributed by atoms with Crippen molar-refractivity contribution in [3.05, 3.63) is 35.5 Å². The number of halogens is 1. The fraction of sp³-hybridized carbons (Fsp3) is 0.250. The monoisotopic (exact) mass is 266 g/mol. The van der Waals surface area contributed by atoms with Gasteiger partial charge in [-0.2, -0.15) is 0 Å². The molecule has 0 bridgehead atoms. The number of carboxylic acids is 1. The van der Waals surface area contributed by atoms with Crippen molar-refractivity contribution in [1.82, 2.24) is 10.2 Å². The molecule has 0 aliphatic carbocycles. The van der Waals surface area contributed by atoms with Gasteiger partial charge in [0.05, 0.1) is 5.56 Å². The van der Waals surface area contributed by atoms with Gasteiger partial charge in [0.1, 0.15) is 19.0 Å². The van der Waals surface area contributed by atoms with Crippen molar-refractivity contribution in [3.63, 3.8) is 0 Å². The van der Waals surface area contributed by atoms with Crippen molar-refractivity contribution >= 4 is 5.97 Å². The Labute approximate surface area is 107 Å². The summed E-state index contributed by atoms with van der Waals surface area (Å²) in [5.41, 5.74) is 0.980. The van der Waals surface area contributed by atoms with Gasteiger partial charge in [0, 0.05) is 0 Å². The Balaban J connectivity index is 2.10. The summed E-state index contributed by atoms with van der Waals surface area (Å²) in [6.45, 7) is 1.18. The number of hydrogen-bond donors (Lipinski definition) is 1. The van der Waals surface area contributed by atoms with E-state index in [1.54, 1.807) is 19.1 Å². The van der Waals surface area contributed by atoms with Crippen LogP contribution in [0.4, 0.5) is 4.39 Å². The van der Waals surface area contributed by atoms with Crippen LogP contribution in [0.1, 0.15) is 11.5 Å². The summed E-state index contributed by atoms with van der Waals surface area (Å²) in [6, 6.07) is 4.63. The number of aryl methyl sites for hydroxylation is 1. The molecule has 1 aromatic heterocycles. The molecule has 0 unspecified atom stereocenters. The number of benzene rings is 1. The van der Waals surface area contributed by atoms with E-state index in [0.717, 1.165) is 5.56 Å². The Morgan fingerprint density at radius 1 is 1.47 bits per heavy atom. The largest absolute Gasteiger partial charge is 0.480 e. The van der Waals surface area contributed by atoms with Gasteiger partial charge in [-0.1, -0.05) is 6.07 Å². The van der Waals surface area contributed by atoms with E-state index in [1.807, 2.05) is 0 Å². The van der Waals surface area contributed by atoms with Crippen molar-refractivity contribution in [1.29, 1.82) is 0 Å². The van der Waals surface area contributed by atoms with E-state index in [2.05, 4.69) is 10.2 Å². The summed E-state index contributed by atoms with van der Waals surface area (Å²) in [6.07, 6.45) is 0. The molecule has 7 heteroatoms. The Kier molecular flexibility index (Phi) is 3.86. The van der Waals surface area contributed by atoms with Crippen LogP contribution >= 0.6 is 0 Å². The lowest BCUT2D eigenvalue weighted by Crippen LogP contribution is -2.06. The van der Waals surface area contributed by atoms with E-state index in [-0.39, 0.29) is 24.0 Å². The molecule has 0 saturated carbocycles. The van der Waals surface area contributed by atoms with Crippen molar-refractivity contribution < 1.29 is 23.4 Å². The molecule has 0 spiro atoms. The third-order valence-corrected chi connectivity index (χ3v) is 2.27. The summed E-state index contributed by atoms with van der Waals surface area (Å²) in [5, 5.41) is 15.7. The summed E-state index contributed by atoms with van der Waals surface area (Å²) in [5.74, 6) is -1.42. The minimum absolute atomic E-state index is 0.0337. The van der Waals surface area contributed by atoms with Crippen molar-refractivity contribution in [3.8, 4) is 11.5 Å². The minimum atomic E-state index is -1.09. The Morgan fingerprint density at radius 3 is 2.95 bits per heavy atom. The number of carboxylic acid groups (broad SMARTS) is 1. The van der Waals surface area contributed by atoms with Crippen molar-refractivity contribution in [2.24, 2.45) is 0 Å². The molecule has 2 rings (SSSR count). The van der Waals surface area contributed by atoms with Gasteiger partial charge >= 0.3 is 5.97 Å². The van der Waals surface area contributed by atoms with Crippen molar-refractivity contribution in [2.45, 2.75) is 13.5 Å². The lowest BCUT2D eigenvalue weighted by molar-refractivity contribution is -0.142. The molecule has 1 heterocycles. The van der Waals surface area contributed by atoms with E-state index < -0.39 is 18.4 Å². The molecule has 0 aliphatic heterocycles. The van der Waals surface area contributed by atoms with E-state index in [9.17, 15) is 9.18 Å². The highest BCUT2D eigenvalue weighted by Crippen LogP contribution is 2.22. The molecule has 0 fully saturated rings. The average molecular weight is 266 g/mol. The number of nitrogens with zero attached hydrogens (tertiary/aromatic N) is 2. The van der Waals surface area contributed by atoms with Crippen LogP contribution in [0.5, 0.6) is 0 Å². The number of hydrogen-bond acceptors (Lipinski definition) is 5. The summed E-state index contributed by atoms with van der Waals surface area (Å²) < 4.78 is 23.6. The van der Waals surface area contributed by atoms with E-state index in [4.69, 9.17) is 14.3 Å². The SMILES string of the molecule is Cc1ccc(-c2nnc(COCC(=O)O)o2)c(F)c1. The fourth-order valence-electron chi connectivity index (χ4n) is 1.44. The zero-order valence-electron chi connectivity index (χ0n) is 10.1. The molecule has 1 N–H and O–H groups in total. The quantitative estimate of drug-likeness (QED) is 0.887. The highest BCUT2D eigenvalue weighted by atomic mass is 19.1. The average Bonchev–Trinajstić information content (AvgIpc) is 2.77. The topological polar surface area (TPSA) is 85.5 Å². The molecular formula is C12H11FN2O4. The number of aliphatic carboxylic acids is 1. The standard InChI is InChI=1S/C12H11FN2O4/c1-7-2-3-8(9(13)4-7)12-15-14-10(19-12)5-18-6-11(16)17/h2-4H,5-6H2,1H3,(H,16,17). The number of carbonyl (C=O) groups is 1. The summed E-state index contributed by atoms with van der Waals surface area (Å²) in [7, 11) is 0. The van der Waals surface area contributed by atoms with Crippen LogP contribution < -0.4 is 0 Å². The van der Waals surface area contributed by atoms with Crippen LogP contribution in [0.3, 0.4) is 0 Å². The maximum absolute atomic E-state index is 13.7. The third kappa shape index (κ3) is 3.35. The zero-order valence-corrected chi connectivity index (χ0v) is 10.1. The molecule has 2 aromatic rings. The predicted octanol–water partition coefficient (Wildman–Crippen LogP) is 1.79. The van der Waals surface area contributed by atoms with Gasteiger partial charge < -0.3 is 14.3 Å². The van der Waals surface area contributed by atoms with Crippen LogP contribution in [0, 0.1) is 12.7 Å². The van der Waals surface area contributed by atoms with Crippen LogP contribution in [-0.4, -0.2) is 27.9 Å².